The minimum atomic E-state index is 0.0327. The molecule has 1 amide bonds. The molecule has 0 saturated carbocycles. The van der Waals surface area contributed by atoms with Gasteiger partial charge in [-0.25, -0.2) is 0 Å². The fraction of sp³-hybridized carbons (Fsp3) is 0.429. The smallest absolute Gasteiger partial charge is 0.226 e. The lowest BCUT2D eigenvalue weighted by Crippen LogP contribution is -2.24. The number of fused-ring (bicyclic) bond motifs is 1. The number of thiophene rings is 1. The molecule has 3 rings (SSSR count). The number of hydrogen-bond donors (Lipinski definition) is 1. The molecule has 0 fully saturated rings. The van der Waals surface area contributed by atoms with Crippen LogP contribution in [0.2, 0.25) is 4.34 Å². The second-order valence-electron chi connectivity index (χ2n) is 5.37. The Hall–Kier alpha value is -1.33. The van der Waals surface area contributed by atoms with Crippen molar-refractivity contribution in [3.05, 3.63) is 32.6 Å². The molecule has 1 aliphatic rings. The molecule has 3 heterocycles. The molecule has 0 saturated heterocycles. The zero-order valence-electron chi connectivity index (χ0n) is 11.6. The average Bonchev–Trinajstić information content (AvgIpc) is 2.94. The van der Waals surface area contributed by atoms with Crippen molar-refractivity contribution >= 4 is 34.7 Å². The van der Waals surface area contributed by atoms with Gasteiger partial charge < -0.3 is 5.32 Å². The van der Waals surface area contributed by atoms with E-state index in [0.29, 0.717) is 12.3 Å². The van der Waals surface area contributed by atoms with Gasteiger partial charge in [-0.05, 0) is 18.1 Å². The highest BCUT2D eigenvalue weighted by Gasteiger charge is 2.34. The number of nitrogens with zero attached hydrogens (tertiary/aromatic N) is 2. The lowest BCUT2D eigenvalue weighted by molar-refractivity contribution is -0.116. The van der Waals surface area contributed by atoms with Gasteiger partial charge >= 0.3 is 0 Å². The summed E-state index contributed by atoms with van der Waals surface area (Å²) in [6.07, 6.45) is 0.454. The van der Waals surface area contributed by atoms with Crippen LogP contribution in [0.25, 0.3) is 0 Å². The third-order valence-corrected chi connectivity index (χ3v) is 4.94. The Labute approximate surface area is 126 Å². The van der Waals surface area contributed by atoms with Crippen LogP contribution in [0.5, 0.6) is 0 Å². The minimum Gasteiger partial charge on any atom is -0.311 e. The Balaban J connectivity index is 2.17. The highest BCUT2D eigenvalue weighted by Crippen LogP contribution is 2.43. The number of rotatable bonds is 2. The summed E-state index contributed by atoms with van der Waals surface area (Å²) in [7, 11) is 1.87. The summed E-state index contributed by atoms with van der Waals surface area (Å²) in [6, 6.07) is 3.90. The summed E-state index contributed by atoms with van der Waals surface area (Å²) < 4.78 is 2.52. The lowest BCUT2D eigenvalue weighted by atomic mass is 9.88. The van der Waals surface area contributed by atoms with Gasteiger partial charge in [0.1, 0.15) is 5.82 Å². The van der Waals surface area contributed by atoms with Crippen LogP contribution in [0.15, 0.2) is 12.1 Å². The number of amides is 1. The van der Waals surface area contributed by atoms with Gasteiger partial charge in [-0.3, -0.25) is 9.48 Å². The average molecular weight is 310 g/mol. The number of anilines is 1. The maximum absolute atomic E-state index is 12.0. The van der Waals surface area contributed by atoms with Gasteiger partial charge in [0, 0.05) is 29.8 Å². The first-order valence-electron chi connectivity index (χ1n) is 6.59. The fourth-order valence-electron chi connectivity index (χ4n) is 2.71. The fourth-order valence-corrected chi connectivity index (χ4v) is 3.88. The van der Waals surface area contributed by atoms with Crippen LogP contribution in [0.3, 0.4) is 0 Å². The third kappa shape index (κ3) is 2.15. The van der Waals surface area contributed by atoms with Crippen LogP contribution in [-0.4, -0.2) is 15.7 Å². The normalized spacial score (nSPS) is 18.2. The molecule has 0 aromatic carbocycles. The predicted octanol–water partition coefficient (Wildman–Crippen LogP) is 3.73. The van der Waals surface area contributed by atoms with E-state index in [4.69, 9.17) is 11.6 Å². The topological polar surface area (TPSA) is 46.9 Å². The van der Waals surface area contributed by atoms with E-state index in [1.165, 1.54) is 11.3 Å². The van der Waals surface area contributed by atoms with Gasteiger partial charge in [-0.1, -0.05) is 25.4 Å². The Morgan fingerprint density at radius 3 is 2.85 bits per heavy atom. The number of aromatic nitrogens is 2. The highest BCUT2D eigenvalue weighted by atomic mass is 35.5. The second kappa shape index (κ2) is 4.90. The maximum Gasteiger partial charge on any atom is 0.226 e. The number of carbonyl (C=O) groups is 1. The standard InChI is InChI=1S/C14H16ClN3OS/c1-7(2)13-12-8(9-4-5-10(15)20-9)6-11(19)16-14(12)18(3)17-13/h4-5,7-8H,6H2,1-3H3,(H,16,19). The van der Waals surface area contributed by atoms with E-state index in [1.54, 1.807) is 4.68 Å². The number of nitrogens with one attached hydrogen (secondary N) is 1. The molecule has 1 aliphatic heterocycles. The molecular weight excluding hydrogens is 294 g/mol. The van der Waals surface area contributed by atoms with Crippen molar-refractivity contribution in [2.75, 3.05) is 5.32 Å². The minimum absolute atomic E-state index is 0.0327. The van der Waals surface area contributed by atoms with Crippen molar-refractivity contribution < 1.29 is 4.79 Å². The van der Waals surface area contributed by atoms with Crippen LogP contribution < -0.4 is 5.32 Å². The molecule has 1 unspecified atom stereocenters. The van der Waals surface area contributed by atoms with Crippen molar-refractivity contribution in [1.82, 2.24) is 9.78 Å². The Morgan fingerprint density at radius 2 is 2.25 bits per heavy atom. The number of aryl methyl sites for hydroxylation is 1. The summed E-state index contributed by atoms with van der Waals surface area (Å²) in [5, 5.41) is 7.53. The van der Waals surface area contributed by atoms with Gasteiger partial charge in [0.05, 0.1) is 10.0 Å². The van der Waals surface area contributed by atoms with Gasteiger partial charge in [0.15, 0.2) is 0 Å². The molecule has 20 heavy (non-hydrogen) atoms. The van der Waals surface area contributed by atoms with E-state index < -0.39 is 0 Å². The number of carbonyl (C=O) groups excluding carboxylic acids is 1. The molecule has 1 N–H and O–H groups in total. The van der Waals surface area contributed by atoms with Crippen molar-refractivity contribution in [2.24, 2.45) is 7.05 Å². The SMILES string of the molecule is CC(C)c1nn(C)c2c1C(c1ccc(Cl)s1)CC(=O)N2. The van der Waals surface area contributed by atoms with Gasteiger partial charge in [0.2, 0.25) is 5.91 Å². The Bertz CT molecular complexity index is 674. The first-order valence-corrected chi connectivity index (χ1v) is 7.78. The molecule has 106 valence electrons. The quantitative estimate of drug-likeness (QED) is 0.918. The lowest BCUT2D eigenvalue weighted by Gasteiger charge is -2.23. The Morgan fingerprint density at radius 1 is 1.50 bits per heavy atom. The molecule has 0 spiro atoms. The van der Waals surface area contributed by atoms with E-state index in [9.17, 15) is 4.79 Å². The van der Waals surface area contributed by atoms with Crippen molar-refractivity contribution in [3.63, 3.8) is 0 Å². The van der Waals surface area contributed by atoms with Crippen LogP contribution in [0.1, 0.15) is 48.2 Å². The van der Waals surface area contributed by atoms with Gasteiger partial charge in [0.25, 0.3) is 0 Å². The van der Waals surface area contributed by atoms with E-state index in [1.807, 2.05) is 19.2 Å². The van der Waals surface area contributed by atoms with Crippen LogP contribution >= 0.6 is 22.9 Å². The van der Waals surface area contributed by atoms with Crippen molar-refractivity contribution in [3.8, 4) is 0 Å². The molecule has 2 aromatic heterocycles. The van der Waals surface area contributed by atoms with Gasteiger partial charge in [-0.15, -0.1) is 11.3 Å². The Kier molecular flexibility index (Phi) is 3.34. The monoisotopic (exact) mass is 309 g/mol. The molecule has 0 bridgehead atoms. The van der Waals surface area contributed by atoms with Crippen molar-refractivity contribution in [2.45, 2.75) is 32.1 Å². The molecule has 4 nitrogen and oxygen atoms in total. The van der Waals surface area contributed by atoms with E-state index in [-0.39, 0.29) is 11.8 Å². The zero-order chi connectivity index (χ0) is 14.4. The van der Waals surface area contributed by atoms with Crippen LogP contribution in [0, 0.1) is 0 Å². The molecular formula is C14H16ClN3OS. The van der Waals surface area contributed by atoms with E-state index >= 15 is 0 Å². The summed E-state index contributed by atoms with van der Waals surface area (Å²) in [4.78, 5) is 13.1. The number of hydrogen-bond acceptors (Lipinski definition) is 3. The summed E-state index contributed by atoms with van der Waals surface area (Å²) in [5.74, 6) is 1.23. The largest absolute Gasteiger partial charge is 0.311 e. The molecule has 0 radical (unpaired) electrons. The highest BCUT2D eigenvalue weighted by molar-refractivity contribution is 7.16. The second-order valence-corrected chi connectivity index (χ2v) is 7.12. The summed E-state index contributed by atoms with van der Waals surface area (Å²) in [6.45, 7) is 4.25. The van der Waals surface area contributed by atoms with Crippen LogP contribution in [-0.2, 0) is 11.8 Å². The molecule has 2 aromatic rings. The first kappa shape index (κ1) is 13.6. The summed E-state index contributed by atoms with van der Waals surface area (Å²) >= 11 is 7.59. The van der Waals surface area contributed by atoms with Gasteiger partial charge in [-0.2, -0.15) is 5.10 Å². The summed E-state index contributed by atoms with van der Waals surface area (Å²) in [5.41, 5.74) is 2.19. The number of halogens is 1. The first-order chi connectivity index (χ1) is 9.47. The molecule has 1 atom stereocenters. The van der Waals surface area contributed by atoms with Crippen LogP contribution in [0.4, 0.5) is 5.82 Å². The predicted molar refractivity (Wildman–Crippen MR) is 81.7 cm³/mol. The molecule has 6 heteroatoms. The third-order valence-electron chi connectivity index (χ3n) is 3.59. The van der Waals surface area contributed by atoms with E-state index in [2.05, 4.69) is 24.3 Å². The maximum atomic E-state index is 12.0. The zero-order valence-corrected chi connectivity index (χ0v) is 13.2. The van der Waals surface area contributed by atoms with Crippen molar-refractivity contribution in [1.29, 1.82) is 0 Å². The molecule has 0 aliphatic carbocycles. The van der Waals surface area contributed by atoms with E-state index in [0.717, 1.165) is 26.3 Å².